The highest BCUT2D eigenvalue weighted by Gasteiger charge is 2.27. The predicted molar refractivity (Wildman–Crippen MR) is 84.8 cm³/mol. The Balaban J connectivity index is 2.02. The Bertz CT molecular complexity index is 939. The van der Waals surface area contributed by atoms with E-state index in [2.05, 4.69) is 5.10 Å². The van der Waals surface area contributed by atoms with Gasteiger partial charge in [0.05, 0.1) is 16.2 Å². The number of benzene rings is 1. The first kappa shape index (κ1) is 15.6. The van der Waals surface area contributed by atoms with Crippen LogP contribution in [0.1, 0.15) is 33.7 Å². The number of hydrogen-bond acceptors (Lipinski definition) is 4. The molecule has 7 heteroatoms. The van der Waals surface area contributed by atoms with E-state index in [1.165, 1.54) is 18.2 Å². The predicted octanol–water partition coefficient (Wildman–Crippen LogP) is 2.19. The van der Waals surface area contributed by atoms with E-state index in [1.54, 1.807) is 23.7 Å². The molecule has 1 aliphatic carbocycles. The summed E-state index contributed by atoms with van der Waals surface area (Å²) >= 11 is 0. The minimum Gasteiger partial charge on any atom is -0.289 e. The molecule has 1 aromatic carbocycles. The highest BCUT2D eigenvalue weighted by atomic mass is 32.2. The lowest BCUT2D eigenvalue weighted by atomic mass is 9.89. The number of Topliss-reactive ketones (excluding diaryl/α,β-unsaturated/α-hetero) is 1. The average Bonchev–Trinajstić information content (AvgIpc) is 2.76. The highest BCUT2D eigenvalue weighted by Crippen LogP contribution is 2.28. The Labute approximate surface area is 134 Å². The van der Waals surface area contributed by atoms with Crippen LogP contribution < -0.4 is 0 Å². The Morgan fingerprint density at radius 3 is 2.74 bits per heavy atom. The second-order valence-electron chi connectivity index (χ2n) is 5.58. The molecule has 0 aliphatic heterocycles. The van der Waals surface area contributed by atoms with Crippen LogP contribution in [0.15, 0.2) is 34.7 Å². The van der Waals surface area contributed by atoms with Gasteiger partial charge in [0.25, 0.3) is 10.1 Å². The average molecular weight is 332 g/mol. The molecule has 1 aromatic heterocycles. The summed E-state index contributed by atoms with van der Waals surface area (Å²) in [7, 11) is -2.44. The zero-order chi connectivity index (χ0) is 16.8. The number of rotatable bonds is 2. The van der Waals surface area contributed by atoms with Gasteiger partial charge in [0, 0.05) is 18.3 Å². The van der Waals surface area contributed by atoms with Gasteiger partial charge in [-0.05, 0) is 43.5 Å². The van der Waals surface area contributed by atoms with Crippen molar-refractivity contribution < 1.29 is 17.8 Å². The SMILES string of the molecule is Cc1nn(C)c2c1C(=O)/C(=C/c1cccc(S(=O)(=O)O)c1)CC2. The number of ketones is 1. The van der Waals surface area contributed by atoms with Crippen LogP contribution >= 0.6 is 0 Å². The van der Waals surface area contributed by atoms with E-state index in [0.717, 1.165) is 5.69 Å². The van der Waals surface area contributed by atoms with E-state index in [9.17, 15) is 13.2 Å². The second kappa shape index (κ2) is 5.43. The lowest BCUT2D eigenvalue weighted by Gasteiger charge is -2.15. The van der Waals surface area contributed by atoms with E-state index >= 15 is 0 Å². The van der Waals surface area contributed by atoms with E-state index in [1.807, 2.05) is 7.05 Å². The molecule has 1 aliphatic rings. The third-order valence-corrected chi connectivity index (χ3v) is 4.84. The lowest BCUT2D eigenvalue weighted by Crippen LogP contribution is -2.15. The minimum absolute atomic E-state index is 0.0749. The maximum Gasteiger partial charge on any atom is 0.294 e. The van der Waals surface area contributed by atoms with Crippen LogP contribution in [-0.4, -0.2) is 28.5 Å². The Kier molecular flexibility index (Phi) is 3.69. The molecule has 0 saturated heterocycles. The number of carbonyl (C=O) groups is 1. The molecule has 0 unspecified atom stereocenters. The van der Waals surface area contributed by atoms with Crippen LogP contribution in [-0.2, 0) is 23.6 Å². The van der Waals surface area contributed by atoms with Crippen molar-refractivity contribution in [2.75, 3.05) is 0 Å². The van der Waals surface area contributed by atoms with Crippen molar-refractivity contribution in [3.63, 3.8) is 0 Å². The normalized spacial score (nSPS) is 16.7. The smallest absolute Gasteiger partial charge is 0.289 e. The van der Waals surface area contributed by atoms with Gasteiger partial charge in [-0.2, -0.15) is 13.5 Å². The number of allylic oxidation sites excluding steroid dienone is 1. The van der Waals surface area contributed by atoms with E-state index in [4.69, 9.17) is 4.55 Å². The van der Waals surface area contributed by atoms with Crippen LogP contribution in [0.4, 0.5) is 0 Å². The first-order valence-electron chi connectivity index (χ1n) is 7.12. The van der Waals surface area contributed by atoms with Crippen LogP contribution in [0.3, 0.4) is 0 Å². The van der Waals surface area contributed by atoms with Gasteiger partial charge in [0.1, 0.15) is 0 Å². The third-order valence-electron chi connectivity index (χ3n) is 3.99. The van der Waals surface area contributed by atoms with Gasteiger partial charge in [-0.3, -0.25) is 14.0 Å². The number of aryl methyl sites for hydroxylation is 2. The van der Waals surface area contributed by atoms with Crippen molar-refractivity contribution in [1.82, 2.24) is 9.78 Å². The molecular formula is C16H16N2O4S. The molecule has 3 rings (SSSR count). The Morgan fingerprint density at radius 1 is 1.30 bits per heavy atom. The van der Waals surface area contributed by atoms with Gasteiger partial charge in [-0.15, -0.1) is 0 Å². The topological polar surface area (TPSA) is 89.3 Å². The molecule has 0 amide bonds. The molecular weight excluding hydrogens is 316 g/mol. The number of hydrogen-bond donors (Lipinski definition) is 1. The minimum atomic E-state index is -4.26. The summed E-state index contributed by atoms with van der Waals surface area (Å²) in [4.78, 5) is 12.5. The fraction of sp³-hybridized carbons (Fsp3) is 0.250. The summed E-state index contributed by atoms with van der Waals surface area (Å²) in [6.45, 7) is 1.80. The molecule has 0 radical (unpaired) electrons. The molecule has 0 saturated carbocycles. The molecule has 120 valence electrons. The van der Waals surface area contributed by atoms with E-state index < -0.39 is 10.1 Å². The number of fused-ring (bicyclic) bond motifs is 1. The molecule has 0 fully saturated rings. The molecule has 0 bridgehead atoms. The summed E-state index contributed by atoms with van der Waals surface area (Å²) in [5, 5.41) is 4.29. The van der Waals surface area contributed by atoms with Crippen molar-refractivity contribution in [1.29, 1.82) is 0 Å². The first-order chi connectivity index (χ1) is 10.8. The lowest BCUT2D eigenvalue weighted by molar-refractivity contribution is 0.102. The molecule has 1 N–H and O–H groups in total. The molecule has 6 nitrogen and oxygen atoms in total. The standard InChI is InChI=1S/C16H16N2O4S/c1-10-15-14(18(2)17-10)7-6-12(16(15)19)8-11-4-3-5-13(9-11)23(20,21)22/h3-5,8-9H,6-7H2,1-2H3,(H,20,21,22)/b12-8+. The number of carbonyl (C=O) groups excluding carboxylic acids is 1. The number of nitrogens with zero attached hydrogens (tertiary/aromatic N) is 2. The molecule has 23 heavy (non-hydrogen) atoms. The highest BCUT2D eigenvalue weighted by molar-refractivity contribution is 7.85. The molecule has 0 atom stereocenters. The second-order valence-corrected chi connectivity index (χ2v) is 7.00. The van der Waals surface area contributed by atoms with Gasteiger partial charge < -0.3 is 0 Å². The summed E-state index contributed by atoms with van der Waals surface area (Å²) < 4.78 is 33.3. The van der Waals surface area contributed by atoms with Crippen molar-refractivity contribution in [3.8, 4) is 0 Å². The van der Waals surface area contributed by atoms with Gasteiger partial charge in [0.15, 0.2) is 5.78 Å². The number of aromatic nitrogens is 2. The quantitative estimate of drug-likeness (QED) is 0.672. The van der Waals surface area contributed by atoms with Gasteiger partial charge in [-0.25, -0.2) is 0 Å². The van der Waals surface area contributed by atoms with Gasteiger partial charge in [0.2, 0.25) is 0 Å². The van der Waals surface area contributed by atoms with Crippen LogP contribution in [0.2, 0.25) is 0 Å². The zero-order valence-corrected chi connectivity index (χ0v) is 13.6. The maximum absolute atomic E-state index is 12.6. The Hall–Kier alpha value is -2.25. The third kappa shape index (κ3) is 2.85. The summed E-state index contributed by atoms with van der Waals surface area (Å²) in [6, 6.07) is 5.88. The van der Waals surface area contributed by atoms with Crippen molar-refractivity contribution in [2.45, 2.75) is 24.7 Å². The summed E-state index contributed by atoms with van der Waals surface area (Å²) in [5.74, 6) is -0.0749. The summed E-state index contributed by atoms with van der Waals surface area (Å²) in [6.07, 6.45) is 2.95. The Morgan fingerprint density at radius 2 is 2.04 bits per heavy atom. The van der Waals surface area contributed by atoms with Crippen LogP contribution in [0, 0.1) is 6.92 Å². The van der Waals surface area contributed by atoms with Crippen molar-refractivity contribution in [2.24, 2.45) is 7.05 Å². The summed E-state index contributed by atoms with van der Waals surface area (Å²) in [5.41, 5.74) is 3.44. The van der Waals surface area contributed by atoms with Crippen molar-refractivity contribution in [3.05, 3.63) is 52.4 Å². The van der Waals surface area contributed by atoms with Crippen LogP contribution in [0.5, 0.6) is 0 Å². The molecule has 1 heterocycles. The fourth-order valence-corrected chi connectivity index (χ4v) is 3.45. The maximum atomic E-state index is 12.6. The van der Waals surface area contributed by atoms with E-state index in [0.29, 0.717) is 35.2 Å². The molecule has 0 spiro atoms. The van der Waals surface area contributed by atoms with Gasteiger partial charge in [-0.1, -0.05) is 12.1 Å². The van der Waals surface area contributed by atoms with Crippen molar-refractivity contribution >= 4 is 22.0 Å². The largest absolute Gasteiger partial charge is 0.294 e. The zero-order valence-electron chi connectivity index (χ0n) is 12.8. The monoisotopic (exact) mass is 332 g/mol. The first-order valence-corrected chi connectivity index (χ1v) is 8.56. The fourth-order valence-electron chi connectivity index (χ4n) is 2.92. The molecule has 2 aromatic rings. The van der Waals surface area contributed by atoms with Crippen LogP contribution in [0.25, 0.3) is 6.08 Å². The van der Waals surface area contributed by atoms with Gasteiger partial charge >= 0.3 is 0 Å². The van der Waals surface area contributed by atoms with E-state index in [-0.39, 0.29) is 10.7 Å².